The number of para-hydroxylation sites is 1. The fraction of sp³-hybridized carbons (Fsp3) is 0. The summed E-state index contributed by atoms with van der Waals surface area (Å²) in [6.45, 7) is 0. The summed E-state index contributed by atoms with van der Waals surface area (Å²) in [6.07, 6.45) is 0. The van der Waals surface area contributed by atoms with Gasteiger partial charge in [-0.25, -0.2) is 19.9 Å². The monoisotopic (exact) mass is 586 g/mol. The largest absolute Gasteiger partial charge is 0.228 e. The number of hydrogen-bond donors (Lipinski definition) is 0. The lowest BCUT2D eigenvalue weighted by atomic mass is 10.1. The normalized spacial score (nSPS) is 11.5. The molecule has 0 aliphatic heterocycles. The van der Waals surface area contributed by atoms with Crippen molar-refractivity contribution >= 4 is 76.2 Å². The molecule has 0 aliphatic carbocycles. The number of hydrogen-bond acceptors (Lipinski definition) is 4. The highest BCUT2D eigenvalue weighted by Gasteiger charge is 2.07. The molecule has 0 saturated carbocycles. The molecule has 9 rings (SSSR count). The van der Waals surface area contributed by atoms with Crippen LogP contribution in [-0.2, 0) is 0 Å². The Balaban J connectivity index is 1.51. The smallest absolute Gasteiger partial charge is 0.160 e. The molecule has 3 aromatic heterocycles. The van der Waals surface area contributed by atoms with Crippen LogP contribution < -0.4 is 0 Å². The third-order valence-electron chi connectivity index (χ3n) is 8.60. The van der Waals surface area contributed by atoms with Gasteiger partial charge in [0.05, 0.1) is 22.1 Å². The summed E-state index contributed by atoms with van der Waals surface area (Å²) in [4.78, 5) is 20.4. The summed E-state index contributed by atoms with van der Waals surface area (Å²) in [5, 5.41) is 9.49. The van der Waals surface area contributed by atoms with Gasteiger partial charge in [-0.3, -0.25) is 0 Å². The summed E-state index contributed by atoms with van der Waals surface area (Å²) in [5.41, 5.74) is 5.27. The average molecular weight is 587 g/mol. The van der Waals surface area contributed by atoms with Gasteiger partial charge >= 0.3 is 0 Å². The molecule has 0 radical (unpaired) electrons. The molecule has 0 aliphatic rings. The van der Waals surface area contributed by atoms with Gasteiger partial charge in [-0.1, -0.05) is 121 Å². The molecule has 46 heavy (non-hydrogen) atoms. The standard InChI is InChI=1S/C42H26N4/c1-2-10-27(11-3-1)41-44-38-26-39(45-41)33-17-7-13-29(23-33)31-15-9-19-35(25-31)42-43-37-21-5-4-20-36(37)40(46-42)34-18-8-14-30(24-34)28-12-6-16-32(38)22-28/h1-26H. The highest BCUT2D eigenvalue weighted by molar-refractivity contribution is 6.06. The SMILES string of the molecule is c1ccc(-c2nc3cc(n2)c2cccc(c2)c2cccc(c2)c2nc(nc4ccccc42)c2cccc(c2)c2cccc3c2)cc1. The van der Waals surface area contributed by atoms with Crippen LogP contribution in [0.1, 0.15) is 0 Å². The molecule has 6 aromatic carbocycles. The zero-order chi connectivity index (χ0) is 30.5. The van der Waals surface area contributed by atoms with E-state index in [2.05, 4.69) is 127 Å². The minimum atomic E-state index is 0.699. The van der Waals surface area contributed by atoms with Crippen LogP contribution in [0.4, 0.5) is 0 Å². The zero-order valence-corrected chi connectivity index (χ0v) is 24.8. The molecule has 0 saturated heterocycles. The van der Waals surface area contributed by atoms with Gasteiger partial charge in [0, 0.05) is 32.5 Å². The molecule has 9 aromatic rings. The Morgan fingerprint density at radius 1 is 0.304 bits per heavy atom. The molecule has 0 fully saturated rings. The van der Waals surface area contributed by atoms with Crippen molar-refractivity contribution < 1.29 is 0 Å². The lowest BCUT2D eigenvalue weighted by molar-refractivity contribution is 1.26. The van der Waals surface area contributed by atoms with E-state index in [0.717, 1.165) is 76.1 Å². The summed E-state index contributed by atoms with van der Waals surface area (Å²) in [5.74, 6) is 0.699. The Kier molecular flexibility index (Phi) is 6.10. The Labute approximate surface area is 264 Å². The van der Waals surface area contributed by atoms with Crippen LogP contribution >= 0.6 is 0 Å². The van der Waals surface area contributed by atoms with E-state index in [1.54, 1.807) is 0 Å². The Hall–Kier alpha value is -6.26. The Morgan fingerprint density at radius 3 is 1.46 bits per heavy atom. The predicted molar refractivity (Wildman–Crippen MR) is 192 cm³/mol. The molecule has 4 heteroatoms. The van der Waals surface area contributed by atoms with Gasteiger partial charge in [-0.05, 0) is 57.9 Å². The van der Waals surface area contributed by atoms with Gasteiger partial charge in [0.25, 0.3) is 0 Å². The highest BCUT2D eigenvalue weighted by Crippen LogP contribution is 2.28. The maximum atomic E-state index is 5.20. The first-order chi connectivity index (χ1) is 22.7. The third-order valence-corrected chi connectivity index (χ3v) is 8.60. The lowest BCUT2D eigenvalue weighted by Crippen LogP contribution is -1.90. The maximum absolute atomic E-state index is 5.20. The van der Waals surface area contributed by atoms with Crippen molar-refractivity contribution in [3.8, 4) is 11.4 Å². The molecule has 214 valence electrons. The molecule has 12 bridgehead atoms. The maximum Gasteiger partial charge on any atom is 0.160 e. The Morgan fingerprint density at radius 2 is 0.804 bits per heavy atom. The molecule has 0 atom stereocenters. The summed E-state index contributed by atoms with van der Waals surface area (Å²) in [6, 6.07) is 54.8. The second-order valence-corrected chi connectivity index (χ2v) is 11.6. The number of benzene rings is 6. The number of aromatic nitrogens is 4. The van der Waals surface area contributed by atoms with Crippen molar-refractivity contribution in [2.24, 2.45) is 0 Å². The van der Waals surface area contributed by atoms with E-state index in [9.17, 15) is 0 Å². The average Bonchev–Trinajstić information content (AvgIpc) is 3.14. The van der Waals surface area contributed by atoms with Crippen molar-refractivity contribution in [3.63, 3.8) is 0 Å². The lowest BCUT2D eigenvalue weighted by Gasteiger charge is -2.05. The van der Waals surface area contributed by atoms with Crippen LogP contribution in [-0.4, -0.2) is 19.9 Å². The topological polar surface area (TPSA) is 51.6 Å². The minimum Gasteiger partial charge on any atom is -0.228 e. The number of fused-ring (bicyclic) bond motifs is 20. The number of nitrogens with zero attached hydrogens (tertiary/aromatic N) is 4. The first kappa shape index (κ1) is 26.2. The van der Waals surface area contributed by atoms with Crippen LogP contribution in [0.5, 0.6) is 0 Å². The van der Waals surface area contributed by atoms with E-state index in [0.29, 0.717) is 11.5 Å². The van der Waals surface area contributed by atoms with E-state index in [-0.39, 0.29) is 0 Å². The van der Waals surface area contributed by atoms with Crippen LogP contribution in [0, 0.1) is 0 Å². The molecule has 0 spiro atoms. The van der Waals surface area contributed by atoms with Crippen molar-refractivity contribution in [2.75, 3.05) is 0 Å². The Bertz CT molecular complexity index is 2750. The molecular formula is C42H26N4. The van der Waals surface area contributed by atoms with Gasteiger partial charge in [-0.15, -0.1) is 0 Å². The first-order valence-electron chi connectivity index (χ1n) is 15.4. The summed E-state index contributed by atoms with van der Waals surface area (Å²) >= 11 is 0. The van der Waals surface area contributed by atoms with Gasteiger partial charge in [0.1, 0.15) is 0 Å². The van der Waals surface area contributed by atoms with Crippen LogP contribution in [0.2, 0.25) is 0 Å². The molecular weight excluding hydrogens is 560 g/mol. The second-order valence-electron chi connectivity index (χ2n) is 11.6. The fourth-order valence-electron chi connectivity index (χ4n) is 6.29. The van der Waals surface area contributed by atoms with E-state index >= 15 is 0 Å². The molecule has 0 unspecified atom stereocenters. The van der Waals surface area contributed by atoms with E-state index < -0.39 is 0 Å². The highest BCUT2D eigenvalue weighted by atomic mass is 14.9. The summed E-state index contributed by atoms with van der Waals surface area (Å²) < 4.78 is 0. The summed E-state index contributed by atoms with van der Waals surface area (Å²) in [7, 11) is 0. The van der Waals surface area contributed by atoms with Crippen molar-refractivity contribution in [2.45, 2.75) is 0 Å². The van der Waals surface area contributed by atoms with Crippen LogP contribution in [0.25, 0.3) is 87.6 Å². The van der Waals surface area contributed by atoms with Crippen molar-refractivity contribution in [3.05, 3.63) is 158 Å². The zero-order valence-electron chi connectivity index (χ0n) is 24.8. The van der Waals surface area contributed by atoms with E-state index in [4.69, 9.17) is 19.9 Å². The van der Waals surface area contributed by atoms with Crippen molar-refractivity contribution in [1.29, 1.82) is 0 Å². The molecule has 0 N–H and O–H groups in total. The van der Waals surface area contributed by atoms with E-state index in [1.165, 1.54) is 0 Å². The van der Waals surface area contributed by atoms with Gasteiger partial charge in [-0.2, -0.15) is 0 Å². The van der Waals surface area contributed by atoms with Crippen LogP contribution in [0.15, 0.2) is 158 Å². The fourth-order valence-corrected chi connectivity index (χ4v) is 6.29. The molecule has 4 nitrogen and oxygen atoms in total. The first-order valence-corrected chi connectivity index (χ1v) is 15.4. The third kappa shape index (κ3) is 4.64. The minimum absolute atomic E-state index is 0.699. The molecule has 3 heterocycles. The van der Waals surface area contributed by atoms with Crippen LogP contribution in [0.3, 0.4) is 0 Å². The quantitative estimate of drug-likeness (QED) is 0.192. The molecule has 0 amide bonds. The number of rotatable bonds is 1. The second kappa shape index (κ2) is 10.7. The van der Waals surface area contributed by atoms with E-state index in [1.807, 2.05) is 30.3 Å². The van der Waals surface area contributed by atoms with Gasteiger partial charge in [0.15, 0.2) is 11.5 Å². The van der Waals surface area contributed by atoms with Gasteiger partial charge in [0.2, 0.25) is 0 Å². The van der Waals surface area contributed by atoms with Gasteiger partial charge < -0.3 is 0 Å². The predicted octanol–water partition coefficient (Wildman–Crippen LogP) is 10.7. The van der Waals surface area contributed by atoms with Crippen molar-refractivity contribution in [1.82, 2.24) is 19.9 Å².